The zero-order chi connectivity index (χ0) is 18.1. The number of rotatable bonds is 4. The predicted molar refractivity (Wildman–Crippen MR) is 83.5 cm³/mol. The SMILES string of the molecule is Cc1noc([C@H]2C[C@@H](O)CN2C(=O)C[C@H](C)c2ccc(F)cc2F)n1. The first-order valence-corrected chi connectivity index (χ1v) is 8.08. The summed E-state index contributed by atoms with van der Waals surface area (Å²) >= 11 is 0. The smallest absolute Gasteiger partial charge is 0.249 e. The Labute approximate surface area is 143 Å². The number of halogens is 2. The van der Waals surface area contributed by atoms with Crippen molar-refractivity contribution in [3.05, 3.63) is 47.1 Å². The highest BCUT2D eigenvalue weighted by Crippen LogP contribution is 2.33. The summed E-state index contributed by atoms with van der Waals surface area (Å²) < 4.78 is 32.1. The highest BCUT2D eigenvalue weighted by molar-refractivity contribution is 5.78. The predicted octanol–water partition coefficient (Wildman–Crippen LogP) is 2.48. The molecule has 2 heterocycles. The number of hydrogen-bond acceptors (Lipinski definition) is 5. The summed E-state index contributed by atoms with van der Waals surface area (Å²) in [5, 5.41) is 13.6. The van der Waals surface area contributed by atoms with Crippen LogP contribution in [0.2, 0.25) is 0 Å². The molecule has 0 unspecified atom stereocenters. The first-order valence-electron chi connectivity index (χ1n) is 8.08. The van der Waals surface area contributed by atoms with Gasteiger partial charge in [0.15, 0.2) is 5.82 Å². The Morgan fingerprint density at radius 1 is 1.48 bits per heavy atom. The molecule has 8 heteroatoms. The van der Waals surface area contributed by atoms with E-state index in [-0.39, 0.29) is 30.3 Å². The van der Waals surface area contributed by atoms with Crippen molar-refractivity contribution in [1.29, 1.82) is 0 Å². The molecule has 1 saturated heterocycles. The highest BCUT2D eigenvalue weighted by Gasteiger charge is 2.39. The average Bonchev–Trinajstić information content (AvgIpc) is 3.12. The van der Waals surface area contributed by atoms with Gasteiger partial charge in [-0.2, -0.15) is 4.98 Å². The fourth-order valence-corrected chi connectivity index (χ4v) is 3.16. The number of benzene rings is 1. The molecule has 1 fully saturated rings. The first-order chi connectivity index (χ1) is 11.8. The van der Waals surface area contributed by atoms with Crippen LogP contribution in [0.25, 0.3) is 0 Å². The second-order valence-electron chi connectivity index (χ2n) is 6.40. The lowest BCUT2D eigenvalue weighted by atomic mass is 9.96. The van der Waals surface area contributed by atoms with Crippen LogP contribution in [0.3, 0.4) is 0 Å². The van der Waals surface area contributed by atoms with Gasteiger partial charge in [-0.25, -0.2) is 8.78 Å². The number of aliphatic hydroxyl groups is 1. The van der Waals surface area contributed by atoms with Crippen molar-refractivity contribution in [3.63, 3.8) is 0 Å². The molecule has 3 atom stereocenters. The molecule has 0 bridgehead atoms. The van der Waals surface area contributed by atoms with Gasteiger partial charge in [0.2, 0.25) is 11.8 Å². The minimum atomic E-state index is -0.681. The van der Waals surface area contributed by atoms with Crippen molar-refractivity contribution in [1.82, 2.24) is 15.0 Å². The minimum Gasteiger partial charge on any atom is -0.391 e. The molecule has 0 aliphatic carbocycles. The zero-order valence-electron chi connectivity index (χ0n) is 13.9. The van der Waals surface area contributed by atoms with E-state index in [1.54, 1.807) is 13.8 Å². The van der Waals surface area contributed by atoms with Crippen molar-refractivity contribution in [2.24, 2.45) is 0 Å². The van der Waals surface area contributed by atoms with Crippen LogP contribution < -0.4 is 0 Å². The summed E-state index contributed by atoms with van der Waals surface area (Å²) in [6.07, 6.45) is -0.343. The van der Waals surface area contributed by atoms with Crippen LogP contribution >= 0.6 is 0 Å². The maximum absolute atomic E-state index is 13.9. The molecule has 1 aromatic heterocycles. The summed E-state index contributed by atoms with van der Waals surface area (Å²) in [5.74, 6) is -1.29. The molecular formula is C17H19F2N3O3. The number of nitrogens with zero attached hydrogens (tertiary/aromatic N) is 3. The Morgan fingerprint density at radius 3 is 2.88 bits per heavy atom. The summed E-state index contributed by atoms with van der Waals surface area (Å²) in [6.45, 7) is 3.53. The molecule has 1 aromatic carbocycles. The molecule has 0 saturated carbocycles. The zero-order valence-corrected chi connectivity index (χ0v) is 13.9. The average molecular weight is 351 g/mol. The van der Waals surface area contributed by atoms with Gasteiger partial charge in [0.25, 0.3) is 0 Å². The summed E-state index contributed by atoms with van der Waals surface area (Å²) in [7, 11) is 0. The van der Waals surface area contributed by atoms with Gasteiger partial charge in [0.1, 0.15) is 17.7 Å². The van der Waals surface area contributed by atoms with Gasteiger partial charge < -0.3 is 14.5 Å². The molecule has 3 rings (SSSR count). The van der Waals surface area contributed by atoms with Crippen molar-refractivity contribution in [2.75, 3.05) is 6.54 Å². The Bertz CT molecular complexity index is 780. The molecule has 6 nitrogen and oxygen atoms in total. The number of hydrogen-bond donors (Lipinski definition) is 1. The normalized spacial score (nSPS) is 21.6. The van der Waals surface area contributed by atoms with Crippen LogP contribution in [0.4, 0.5) is 8.78 Å². The van der Waals surface area contributed by atoms with Crippen molar-refractivity contribution < 1.29 is 23.2 Å². The van der Waals surface area contributed by atoms with Gasteiger partial charge in [-0.15, -0.1) is 0 Å². The topological polar surface area (TPSA) is 79.5 Å². The van der Waals surface area contributed by atoms with E-state index in [0.29, 0.717) is 12.2 Å². The number of aliphatic hydroxyl groups excluding tert-OH is 1. The van der Waals surface area contributed by atoms with Gasteiger partial charge in [0, 0.05) is 25.5 Å². The van der Waals surface area contributed by atoms with Gasteiger partial charge in [0.05, 0.1) is 6.10 Å². The van der Waals surface area contributed by atoms with E-state index >= 15 is 0 Å². The van der Waals surface area contributed by atoms with Crippen molar-refractivity contribution in [2.45, 2.75) is 44.8 Å². The van der Waals surface area contributed by atoms with E-state index in [9.17, 15) is 18.7 Å². The summed E-state index contributed by atoms with van der Waals surface area (Å²) in [4.78, 5) is 18.3. The fourth-order valence-electron chi connectivity index (χ4n) is 3.16. The van der Waals surface area contributed by atoms with Crippen molar-refractivity contribution >= 4 is 5.91 Å². The molecule has 134 valence electrons. The van der Waals surface area contributed by atoms with E-state index in [2.05, 4.69) is 10.1 Å². The number of β-amino-alcohol motifs (C(OH)–C–C–N with tert-alkyl or cyclic N) is 1. The molecular weight excluding hydrogens is 332 g/mol. The number of aryl methyl sites for hydroxylation is 1. The Hall–Kier alpha value is -2.35. The molecule has 2 aromatic rings. The third-order valence-corrected chi connectivity index (χ3v) is 4.40. The number of carbonyl (C=O) groups excluding carboxylic acids is 1. The third-order valence-electron chi connectivity index (χ3n) is 4.40. The van der Waals surface area contributed by atoms with Gasteiger partial charge >= 0.3 is 0 Å². The molecule has 0 radical (unpaired) electrons. The Kier molecular flexibility index (Phi) is 4.80. The molecule has 1 N–H and O–H groups in total. The molecule has 1 aliphatic heterocycles. The maximum atomic E-state index is 13.9. The lowest BCUT2D eigenvalue weighted by Gasteiger charge is -2.23. The van der Waals surface area contributed by atoms with Crippen LogP contribution in [0.1, 0.15) is 49.0 Å². The van der Waals surface area contributed by atoms with E-state index < -0.39 is 29.7 Å². The monoisotopic (exact) mass is 351 g/mol. The van der Waals surface area contributed by atoms with E-state index in [1.807, 2.05) is 0 Å². The van der Waals surface area contributed by atoms with Crippen molar-refractivity contribution in [3.8, 4) is 0 Å². The number of likely N-dealkylation sites (tertiary alicyclic amines) is 1. The van der Waals surface area contributed by atoms with Gasteiger partial charge in [-0.05, 0) is 24.5 Å². The van der Waals surface area contributed by atoms with Crippen LogP contribution in [0, 0.1) is 18.6 Å². The third kappa shape index (κ3) is 3.68. The van der Waals surface area contributed by atoms with E-state index in [0.717, 1.165) is 6.07 Å². The largest absolute Gasteiger partial charge is 0.391 e. The Morgan fingerprint density at radius 2 is 2.24 bits per heavy atom. The van der Waals surface area contributed by atoms with Crippen LogP contribution in [-0.4, -0.2) is 38.7 Å². The number of amides is 1. The van der Waals surface area contributed by atoms with Crippen LogP contribution in [-0.2, 0) is 4.79 Å². The quantitative estimate of drug-likeness (QED) is 0.915. The summed E-state index contributed by atoms with van der Waals surface area (Å²) in [6, 6.07) is 2.83. The van der Waals surface area contributed by atoms with Gasteiger partial charge in [-0.3, -0.25) is 4.79 Å². The number of carbonyl (C=O) groups is 1. The van der Waals surface area contributed by atoms with Crippen LogP contribution in [0.5, 0.6) is 0 Å². The molecule has 1 aliphatic rings. The maximum Gasteiger partial charge on any atom is 0.249 e. The highest BCUT2D eigenvalue weighted by atomic mass is 19.1. The first kappa shape index (κ1) is 17.5. The molecule has 25 heavy (non-hydrogen) atoms. The lowest BCUT2D eigenvalue weighted by Crippen LogP contribution is -2.32. The minimum absolute atomic E-state index is 0.0267. The standard InChI is InChI=1S/C17H19F2N3O3/c1-9(13-4-3-11(18)6-14(13)19)5-16(24)22-8-12(23)7-15(22)17-20-10(2)21-25-17/h3-4,6,9,12,15,23H,5,7-8H2,1-2H3/t9-,12+,15+/m0/s1. The van der Waals surface area contributed by atoms with E-state index in [1.165, 1.54) is 17.0 Å². The summed E-state index contributed by atoms with van der Waals surface area (Å²) in [5.41, 5.74) is 0.277. The fraction of sp³-hybridized carbons (Fsp3) is 0.471. The second-order valence-corrected chi connectivity index (χ2v) is 6.40. The Balaban J connectivity index is 1.74. The molecule has 0 spiro atoms. The lowest BCUT2D eigenvalue weighted by molar-refractivity contribution is -0.133. The van der Waals surface area contributed by atoms with Crippen LogP contribution in [0.15, 0.2) is 22.7 Å². The molecule has 1 amide bonds. The van der Waals surface area contributed by atoms with E-state index in [4.69, 9.17) is 4.52 Å². The second kappa shape index (κ2) is 6.87. The van der Waals surface area contributed by atoms with Gasteiger partial charge in [-0.1, -0.05) is 18.1 Å². The number of aromatic nitrogens is 2.